The molecule has 0 aliphatic heterocycles. The minimum Gasteiger partial charge on any atom is -0.481 e. The quantitative estimate of drug-likeness (QED) is 0.662. The topological polar surface area (TPSA) is 69.6 Å². The summed E-state index contributed by atoms with van der Waals surface area (Å²) in [6.45, 7) is 0.675. The Morgan fingerprint density at radius 1 is 1.38 bits per heavy atom. The van der Waals surface area contributed by atoms with Gasteiger partial charge < -0.3 is 15.5 Å². The summed E-state index contributed by atoms with van der Waals surface area (Å²) in [5.74, 6) is -0.853. The lowest BCUT2D eigenvalue weighted by atomic mass is 10.1. The average Bonchev–Trinajstić information content (AvgIpc) is 2.25. The van der Waals surface area contributed by atoms with Gasteiger partial charge in [0.1, 0.15) is 0 Å². The third-order valence-electron chi connectivity index (χ3n) is 2.11. The van der Waals surface area contributed by atoms with Gasteiger partial charge >= 0.3 is 5.97 Å². The fourth-order valence-electron chi connectivity index (χ4n) is 1.24. The van der Waals surface area contributed by atoms with Gasteiger partial charge in [0.05, 0.1) is 12.5 Å². The number of rotatable bonds is 6. The molecule has 0 amide bonds. The molecule has 0 spiro atoms. The SMILES string of the molecule is O=C(O)CCNCC(O)c1ccc(Cl)cc1. The molecule has 0 heterocycles. The lowest BCUT2D eigenvalue weighted by Gasteiger charge is -2.11. The van der Waals surface area contributed by atoms with E-state index in [1.54, 1.807) is 24.3 Å². The zero-order chi connectivity index (χ0) is 12.0. The maximum Gasteiger partial charge on any atom is 0.304 e. The van der Waals surface area contributed by atoms with E-state index in [9.17, 15) is 9.90 Å². The number of carboxylic acids is 1. The minimum absolute atomic E-state index is 0.0489. The summed E-state index contributed by atoms with van der Waals surface area (Å²) in [6, 6.07) is 6.90. The molecule has 0 aromatic heterocycles. The Bertz CT molecular complexity index is 340. The summed E-state index contributed by atoms with van der Waals surface area (Å²) in [6.07, 6.45) is -0.598. The van der Waals surface area contributed by atoms with Crippen LogP contribution in [-0.4, -0.2) is 29.3 Å². The number of aliphatic carboxylic acids is 1. The van der Waals surface area contributed by atoms with E-state index in [0.29, 0.717) is 18.1 Å². The van der Waals surface area contributed by atoms with Crippen molar-refractivity contribution in [2.75, 3.05) is 13.1 Å². The summed E-state index contributed by atoms with van der Waals surface area (Å²) in [4.78, 5) is 10.2. The number of aliphatic hydroxyl groups is 1. The van der Waals surface area contributed by atoms with Gasteiger partial charge in [-0.05, 0) is 17.7 Å². The standard InChI is InChI=1S/C11H14ClNO3/c12-9-3-1-8(2-4-9)10(14)7-13-6-5-11(15)16/h1-4,10,13-14H,5-7H2,(H,15,16). The van der Waals surface area contributed by atoms with Crippen molar-refractivity contribution in [1.29, 1.82) is 0 Å². The lowest BCUT2D eigenvalue weighted by Crippen LogP contribution is -2.24. The Morgan fingerprint density at radius 3 is 2.56 bits per heavy atom. The normalized spacial score (nSPS) is 12.4. The van der Waals surface area contributed by atoms with Gasteiger partial charge in [0.25, 0.3) is 0 Å². The number of benzene rings is 1. The van der Waals surface area contributed by atoms with Gasteiger partial charge in [-0.2, -0.15) is 0 Å². The first-order valence-electron chi connectivity index (χ1n) is 4.95. The average molecular weight is 244 g/mol. The number of carbonyl (C=O) groups is 1. The Morgan fingerprint density at radius 2 is 2.00 bits per heavy atom. The Kier molecular flexibility index (Phi) is 5.25. The van der Waals surface area contributed by atoms with E-state index in [4.69, 9.17) is 16.7 Å². The van der Waals surface area contributed by atoms with Crippen molar-refractivity contribution in [3.8, 4) is 0 Å². The molecule has 5 heteroatoms. The van der Waals surface area contributed by atoms with Crippen molar-refractivity contribution in [1.82, 2.24) is 5.32 Å². The van der Waals surface area contributed by atoms with Crippen LogP contribution in [0.1, 0.15) is 18.1 Å². The predicted octanol–water partition coefficient (Wildman–Crippen LogP) is 1.44. The molecule has 0 radical (unpaired) electrons. The van der Waals surface area contributed by atoms with Gasteiger partial charge in [0.2, 0.25) is 0 Å². The highest BCUT2D eigenvalue weighted by Gasteiger charge is 2.06. The van der Waals surface area contributed by atoms with E-state index >= 15 is 0 Å². The second-order valence-corrected chi connectivity index (χ2v) is 3.85. The van der Waals surface area contributed by atoms with Crippen molar-refractivity contribution < 1.29 is 15.0 Å². The summed E-state index contributed by atoms with van der Waals surface area (Å²) in [5, 5.41) is 21.6. The largest absolute Gasteiger partial charge is 0.481 e. The molecule has 3 N–H and O–H groups in total. The first kappa shape index (κ1) is 13.0. The predicted molar refractivity (Wildman–Crippen MR) is 61.5 cm³/mol. The number of carboxylic acid groups (broad SMARTS) is 1. The van der Waals surface area contributed by atoms with Crippen LogP contribution in [-0.2, 0) is 4.79 Å². The molecule has 0 aliphatic rings. The van der Waals surface area contributed by atoms with Crippen LogP contribution >= 0.6 is 11.6 Å². The number of aliphatic hydroxyl groups excluding tert-OH is 1. The van der Waals surface area contributed by atoms with Crippen LogP contribution < -0.4 is 5.32 Å². The van der Waals surface area contributed by atoms with Crippen LogP contribution in [0, 0.1) is 0 Å². The van der Waals surface area contributed by atoms with Crippen molar-refractivity contribution >= 4 is 17.6 Å². The number of nitrogens with one attached hydrogen (secondary N) is 1. The Labute approximate surface area is 98.9 Å². The second-order valence-electron chi connectivity index (χ2n) is 3.42. The van der Waals surface area contributed by atoms with E-state index in [0.717, 1.165) is 5.56 Å². The zero-order valence-corrected chi connectivity index (χ0v) is 9.44. The van der Waals surface area contributed by atoms with E-state index in [1.807, 2.05) is 0 Å². The third kappa shape index (κ3) is 4.61. The molecular weight excluding hydrogens is 230 g/mol. The highest BCUT2D eigenvalue weighted by atomic mass is 35.5. The zero-order valence-electron chi connectivity index (χ0n) is 8.69. The number of hydrogen-bond donors (Lipinski definition) is 3. The molecule has 1 atom stereocenters. The summed E-state index contributed by atoms with van der Waals surface area (Å²) >= 11 is 5.72. The first-order valence-corrected chi connectivity index (χ1v) is 5.33. The highest BCUT2D eigenvalue weighted by Crippen LogP contribution is 2.15. The fourth-order valence-corrected chi connectivity index (χ4v) is 1.36. The molecule has 0 bridgehead atoms. The van der Waals surface area contributed by atoms with E-state index in [1.165, 1.54) is 0 Å². The molecule has 1 rings (SSSR count). The van der Waals surface area contributed by atoms with Crippen molar-refractivity contribution in [2.45, 2.75) is 12.5 Å². The molecule has 16 heavy (non-hydrogen) atoms. The molecule has 0 fully saturated rings. The molecular formula is C11H14ClNO3. The maximum absolute atomic E-state index is 10.2. The van der Waals surface area contributed by atoms with Gasteiger partial charge in [-0.15, -0.1) is 0 Å². The van der Waals surface area contributed by atoms with Crippen molar-refractivity contribution in [3.63, 3.8) is 0 Å². The van der Waals surface area contributed by atoms with Gasteiger partial charge in [0, 0.05) is 18.1 Å². The number of hydrogen-bond acceptors (Lipinski definition) is 3. The molecule has 0 saturated carbocycles. The van der Waals surface area contributed by atoms with E-state index < -0.39 is 12.1 Å². The van der Waals surface area contributed by atoms with Crippen LogP contribution in [0.3, 0.4) is 0 Å². The minimum atomic E-state index is -0.853. The van der Waals surface area contributed by atoms with Crippen molar-refractivity contribution in [3.05, 3.63) is 34.9 Å². The van der Waals surface area contributed by atoms with Crippen LogP contribution in [0.2, 0.25) is 5.02 Å². The summed E-state index contributed by atoms with van der Waals surface area (Å²) in [7, 11) is 0. The molecule has 1 aromatic rings. The Balaban J connectivity index is 2.32. The van der Waals surface area contributed by atoms with Gasteiger partial charge in [-0.3, -0.25) is 4.79 Å². The molecule has 1 aromatic carbocycles. The molecule has 0 saturated heterocycles. The molecule has 0 aliphatic carbocycles. The van der Waals surface area contributed by atoms with Crippen LogP contribution in [0.15, 0.2) is 24.3 Å². The van der Waals surface area contributed by atoms with Crippen LogP contribution in [0.25, 0.3) is 0 Å². The highest BCUT2D eigenvalue weighted by molar-refractivity contribution is 6.30. The molecule has 4 nitrogen and oxygen atoms in total. The van der Waals surface area contributed by atoms with E-state index in [2.05, 4.69) is 5.32 Å². The van der Waals surface area contributed by atoms with E-state index in [-0.39, 0.29) is 6.42 Å². The molecule has 1 unspecified atom stereocenters. The maximum atomic E-state index is 10.2. The summed E-state index contributed by atoms with van der Waals surface area (Å²) in [5.41, 5.74) is 0.757. The monoisotopic (exact) mass is 243 g/mol. The number of halogens is 1. The Hall–Kier alpha value is -1.10. The van der Waals surface area contributed by atoms with Gasteiger partial charge in [-0.1, -0.05) is 23.7 Å². The van der Waals surface area contributed by atoms with Crippen LogP contribution in [0.5, 0.6) is 0 Å². The van der Waals surface area contributed by atoms with Gasteiger partial charge in [0.15, 0.2) is 0 Å². The molecule has 88 valence electrons. The van der Waals surface area contributed by atoms with Crippen molar-refractivity contribution in [2.24, 2.45) is 0 Å². The smallest absolute Gasteiger partial charge is 0.304 e. The summed E-state index contributed by atoms with van der Waals surface area (Å²) < 4.78 is 0. The first-order chi connectivity index (χ1) is 7.59. The van der Waals surface area contributed by atoms with Gasteiger partial charge in [-0.25, -0.2) is 0 Å². The lowest BCUT2D eigenvalue weighted by molar-refractivity contribution is -0.136. The van der Waals surface area contributed by atoms with Crippen LogP contribution in [0.4, 0.5) is 0 Å². The fraction of sp³-hybridized carbons (Fsp3) is 0.364. The third-order valence-corrected chi connectivity index (χ3v) is 2.36. The second kappa shape index (κ2) is 6.48.